The predicted molar refractivity (Wildman–Crippen MR) is 78.4 cm³/mol. The molecule has 2 rings (SSSR count). The Kier molecular flexibility index (Phi) is 5.40. The van der Waals surface area contributed by atoms with Crippen molar-refractivity contribution in [3.8, 4) is 0 Å². The minimum atomic E-state index is -4.79. The number of rotatable bonds is 6. The molecule has 0 aliphatic carbocycles. The smallest absolute Gasteiger partial charge is 0.380 e. The van der Waals surface area contributed by atoms with E-state index in [4.69, 9.17) is 4.74 Å². The van der Waals surface area contributed by atoms with Crippen LogP contribution in [0.2, 0.25) is 0 Å². The first-order valence-electron chi connectivity index (χ1n) is 6.30. The Morgan fingerprint density at radius 1 is 1.30 bits per heavy atom. The highest BCUT2D eigenvalue weighted by molar-refractivity contribution is 7.89. The van der Waals surface area contributed by atoms with Crippen LogP contribution in [0.5, 0.6) is 0 Å². The van der Waals surface area contributed by atoms with Gasteiger partial charge in [-0.05, 0) is 17.7 Å². The maximum Gasteiger partial charge on any atom is 0.411 e. The molecule has 1 N–H and O–H groups in total. The van der Waals surface area contributed by atoms with Gasteiger partial charge in [0, 0.05) is 18.7 Å². The SMILES string of the molecule is COCc1ccc(S(=O)(=O)NC(c2nccs2)C(F)(F)F)cc1. The van der Waals surface area contributed by atoms with Crippen LogP contribution in [-0.4, -0.2) is 26.7 Å². The number of halogens is 3. The van der Waals surface area contributed by atoms with E-state index in [1.165, 1.54) is 43.0 Å². The molecule has 1 aromatic heterocycles. The fourth-order valence-corrected chi connectivity index (χ4v) is 3.76. The first kappa shape index (κ1) is 17.9. The van der Waals surface area contributed by atoms with Crippen molar-refractivity contribution in [1.82, 2.24) is 9.71 Å². The van der Waals surface area contributed by atoms with E-state index < -0.39 is 22.2 Å². The van der Waals surface area contributed by atoms with Crippen molar-refractivity contribution in [2.75, 3.05) is 7.11 Å². The van der Waals surface area contributed by atoms with Gasteiger partial charge in [0.15, 0.2) is 6.04 Å². The fourth-order valence-electron chi connectivity index (χ4n) is 1.79. The average Bonchev–Trinajstić information content (AvgIpc) is 2.98. The van der Waals surface area contributed by atoms with Crippen LogP contribution < -0.4 is 4.72 Å². The first-order chi connectivity index (χ1) is 10.7. The quantitative estimate of drug-likeness (QED) is 0.854. The number of hydrogen-bond acceptors (Lipinski definition) is 5. The van der Waals surface area contributed by atoms with Gasteiger partial charge >= 0.3 is 6.18 Å². The van der Waals surface area contributed by atoms with Crippen LogP contribution in [0.3, 0.4) is 0 Å². The number of ether oxygens (including phenoxy) is 1. The molecule has 1 heterocycles. The maximum absolute atomic E-state index is 13.1. The number of nitrogens with one attached hydrogen (secondary N) is 1. The van der Waals surface area contributed by atoms with Crippen molar-refractivity contribution in [3.05, 3.63) is 46.4 Å². The zero-order chi connectivity index (χ0) is 17.1. The van der Waals surface area contributed by atoms with Crippen LogP contribution in [0.4, 0.5) is 13.2 Å². The summed E-state index contributed by atoms with van der Waals surface area (Å²) < 4.78 is 70.3. The summed E-state index contributed by atoms with van der Waals surface area (Å²) in [6, 6.07) is 3.03. The highest BCUT2D eigenvalue weighted by atomic mass is 32.2. The molecule has 10 heteroatoms. The standard InChI is InChI=1S/C13H13F3N2O3S2/c1-21-8-9-2-4-10(5-3-9)23(19,20)18-11(13(14,15)16)12-17-6-7-22-12/h2-7,11,18H,8H2,1H3. The summed E-state index contributed by atoms with van der Waals surface area (Å²) in [6.45, 7) is 0.276. The molecule has 1 aromatic carbocycles. The van der Waals surface area contributed by atoms with E-state index >= 15 is 0 Å². The number of sulfonamides is 1. The Morgan fingerprint density at radius 2 is 1.96 bits per heavy atom. The van der Waals surface area contributed by atoms with E-state index in [0.29, 0.717) is 5.56 Å². The molecule has 0 aliphatic heterocycles. The number of thiazole rings is 1. The Hall–Kier alpha value is -1.49. The highest BCUT2D eigenvalue weighted by Gasteiger charge is 2.45. The second-order valence-corrected chi connectivity index (χ2v) is 7.18. The van der Waals surface area contributed by atoms with Crippen molar-refractivity contribution in [2.24, 2.45) is 0 Å². The second-order valence-electron chi connectivity index (χ2n) is 4.54. The first-order valence-corrected chi connectivity index (χ1v) is 8.66. The summed E-state index contributed by atoms with van der Waals surface area (Å²) in [5, 5.41) is 0.985. The van der Waals surface area contributed by atoms with Crippen LogP contribution in [0, 0.1) is 0 Å². The third kappa shape index (κ3) is 4.50. The summed E-state index contributed by atoms with van der Waals surface area (Å²) in [5.74, 6) is 0. The van der Waals surface area contributed by atoms with Crippen LogP contribution in [0.15, 0.2) is 40.7 Å². The van der Waals surface area contributed by atoms with Crippen LogP contribution in [0.25, 0.3) is 0 Å². The summed E-state index contributed by atoms with van der Waals surface area (Å²) in [6.07, 6.45) is -3.60. The molecule has 0 saturated heterocycles. The van der Waals surface area contributed by atoms with Gasteiger partial charge in [-0.2, -0.15) is 17.9 Å². The van der Waals surface area contributed by atoms with Gasteiger partial charge in [-0.25, -0.2) is 13.4 Å². The molecule has 126 valence electrons. The van der Waals surface area contributed by atoms with Gasteiger partial charge in [-0.1, -0.05) is 12.1 Å². The summed E-state index contributed by atoms with van der Waals surface area (Å²) in [5.41, 5.74) is 0.707. The number of hydrogen-bond donors (Lipinski definition) is 1. The summed E-state index contributed by atoms with van der Waals surface area (Å²) >= 11 is 0.728. The van der Waals surface area contributed by atoms with Gasteiger partial charge in [0.1, 0.15) is 5.01 Å². The van der Waals surface area contributed by atoms with Crippen molar-refractivity contribution in [2.45, 2.75) is 23.7 Å². The molecule has 5 nitrogen and oxygen atoms in total. The molecule has 0 bridgehead atoms. The second kappa shape index (κ2) is 6.95. The van der Waals surface area contributed by atoms with E-state index in [1.54, 1.807) is 4.72 Å². The van der Waals surface area contributed by atoms with Gasteiger partial charge in [0.2, 0.25) is 10.0 Å². The zero-order valence-electron chi connectivity index (χ0n) is 11.9. The van der Waals surface area contributed by atoms with Gasteiger partial charge in [-0.3, -0.25) is 0 Å². The van der Waals surface area contributed by atoms with E-state index in [0.717, 1.165) is 11.3 Å². The van der Waals surface area contributed by atoms with Gasteiger partial charge < -0.3 is 4.74 Å². The Morgan fingerprint density at radius 3 is 2.43 bits per heavy atom. The van der Waals surface area contributed by atoms with Crippen molar-refractivity contribution in [3.63, 3.8) is 0 Å². The molecule has 1 atom stereocenters. The van der Waals surface area contributed by atoms with Crippen LogP contribution in [0.1, 0.15) is 16.6 Å². The lowest BCUT2D eigenvalue weighted by molar-refractivity contribution is -0.153. The molecule has 0 saturated carbocycles. The molecule has 1 unspecified atom stereocenters. The van der Waals surface area contributed by atoms with Crippen molar-refractivity contribution >= 4 is 21.4 Å². The normalized spacial score (nSPS) is 13.9. The number of methoxy groups -OCH3 is 1. The lowest BCUT2D eigenvalue weighted by Gasteiger charge is -2.19. The molecular weight excluding hydrogens is 353 g/mol. The van der Waals surface area contributed by atoms with Gasteiger partial charge in [0.25, 0.3) is 0 Å². The molecule has 0 fully saturated rings. The fraction of sp³-hybridized carbons (Fsp3) is 0.308. The molecular formula is C13H13F3N2O3S2. The number of alkyl halides is 3. The summed E-state index contributed by atoms with van der Waals surface area (Å²) in [7, 11) is -2.86. The molecule has 2 aromatic rings. The molecule has 0 radical (unpaired) electrons. The summed E-state index contributed by atoms with van der Waals surface area (Å²) in [4.78, 5) is 3.29. The lowest BCUT2D eigenvalue weighted by atomic mass is 10.2. The highest BCUT2D eigenvalue weighted by Crippen LogP contribution is 2.34. The molecule has 23 heavy (non-hydrogen) atoms. The number of benzene rings is 1. The predicted octanol–water partition coefficient (Wildman–Crippen LogP) is 2.87. The maximum atomic E-state index is 13.1. The van der Waals surface area contributed by atoms with E-state index in [1.807, 2.05) is 0 Å². The van der Waals surface area contributed by atoms with Gasteiger partial charge in [0.05, 0.1) is 11.5 Å². The van der Waals surface area contributed by atoms with E-state index in [-0.39, 0.29) is 16.5 Å². The lowest BCUT2D eigenvalue weighted by Crippen LogP contribution is -2.38. The Labute approximate surface area is 135 Å². The third-order valence-corrected chi connectivity index (χ3v) is 5.12. The largest absolute Gasteiger partial charge is 0.411 e. The minimum absolute atomic E-state index is 0.261. The Balaban J connectivity index is 2.27. The van der Waals surface area contributed by atoms with Crippen molar-refractivity contribution in [1.29, 1.82) is 0 Å². The topological polar surface area (TPSA) is 68.3 Å². The minimum Gasteiger partial charge on any atom is -0.380 e. The van der Waals surface area contributed by atoms with E-state index in [9.17, 15) is 21.6 Å². The zero-order valence-corrected chi connectivity index (χ0v) is 13.5. The average molecular weight is 366 g/mol. The molecule has 0 amide bonds. The van der Waals surface area contributed by atoms with Crippen LogP contribution in [-0.2, 0) is 21.4 Å². The number of nitrogens with zero attached hydrogens (tertiary/aromatic N) is 1. The molecule has 0 aliphatic rings. The van der Waals surface area contributed by atoms with Gasteiger partial charge in [-0.15, -0.1) is 11.3 Å². The van der Waals surface area contributed by atoms with E-state index in [2.05, 4.69) is 4.98 Å². The van der Waals surface area contributed by atoms with Crippen LogP contribution >= 0.6 is 11.3 Å². The molecule has 0 spiro atoms. The monoisotopic (exact) mass is 366 g/mol. The van der Waals surface area contributed by atoms with Crippen molar-refractivity contribution < 1.29 is 26.3 Å². The Bertz CT molecular complexity index is 729. The number of aromatic nitrogens is 1. The third-order valence-electron chi connectivity index (χ3n) is 2.84.